The van der Waals surface area contributed by atoms with Gasteiger partial charge in [-0.1, -0.05) is 0 Å². The minimum atomic E-state index is -4.68. The van der Waals surface area contributed by atoms with Crippen molar-refractivity contribution in [2.45, 2.75) is 40.8 Å². The van der Waals surface area contributed by atoms with Gasteiger partial charge in [0.1, 0.15) is 5.69 Å². The number of aromatic nitrogens is 1. The van der Waals surface area contributed by atoms with Crippen LogP contribution in [0.5, 0.6) is 0 Å². The van der Waals surface area contributed by atoms with E-state index in [1.165, 1.54) is 40.9 Å². The highest BCUT2D eigenvalue weighted by Crippen LogP contribution is 2.46. The molecule has 152 valence electrons. The summed E-state index contributed by atoms with van der Waals surface area (Å²) in [5, 5.41) is 0. The molecule has 0 bridgehead atoms. The molecule has 5 nitrogen and oxygen atoms in total. The molecule has 1 aromatic rings. The van der Waals surface area contributed by atoms with Crippen LogP contribution in [0.25, 0.3) is 0 Å². The highest BCUT2D eigenvalue weighted by Gasteiger charge is 2.55. The Bertz CT molecular complexity index is 958. The van der Waals surface area contributed by atoms with Crippen LogP contribution in [0.1, 0.15) is 49.4 Å². The van der Waals surface area contributed by atoms with Crippen LogP contribution in [-0.2, 0) is 26.6 Å². The van der Waals surface area contributed by atoms with Crippen molar-refractivity contribution in [3.05, 3.63) is 39.6 Å². The third-order valence-electron chi connectivity index (χ3n) is 4.86. The number of carbonyl (C=O) groups is 3. The monoisotopic (exact) mass is 415 g/mol. The van der Waals surface area contributed by atoms with Crippen molar-refractivity contribution in [1.29, 1.82) is 0 Å². The van der Waals surface area contributed by atoms with Crippen LogP contribution < -0.4 is 0 Å². The fraction of sp³-hybridized carbons (Fsp3) is 0.474. The van der Waals surface area contributed by atoms with Crippen LogP contribution in [-0.4, -0.2) is 32.8 Å². The Kier molecular flexibility index (Phi) is 5.31. The van der Waals surface area contributed by atoms with E-state index in [-0.39, 0.29) is 16.2 Å². The lowest BCUT2D eigenvalue weighted by molar-refractivity contribution is -0.143. The molecule has 1 aromatic heterocycles. The Labute approximate surface area is 162 Å². The number of halogens is 3. The van der Waals surface area contributed by atoms with E-state index in [2.05, 4.69) is 4.98 Å². The maximum atomic E-state index is 13.1. The van der Waals surface area contributed by atoms with E-state index >= 15 is 0 Å². The summed E-state index contributed by atoms with van der Waals surface area (Å²) in [6.07, 6.45) is -3.43. The summed E-state index contributed by atoms with van der Waals surface area (Å²) < 4.78 is 50.9. The molecule has 1 atom stereocenters. The average Bonchev–Trinajstić information content (AvgIpc) is 2.55. The molecule has 0 N–H and O–H groups in total. The molecule has 1 aliphatic carbocycles. The van der Waals surface area contributed by atoms with Crippen molar-refractivity contribution in [3.63, 3.8) is 0 Å². The minimum Gasteiger partial charge on any atom is -0.298 e. The van der Waals surface area contributed by atoms with E-state index in [0.717, 1.165) is 6.07 Å². The Morgan fingerprint density at radius 2 is 1.61 bits per heavy atom. The second-order valence-corrected chi connectivity index (χ2v) is 9.04. The van der Waals surface area contributed by atoms with Crippen molar-refractivity contribution in [1.82, 2.24) is 4.98 Å². The van der Waals surface area contributed by atoms with Crippen molar-refractivity contribution >= 4 is 28.1 Å². The molecule has 1 aliphatic rings. The van der Waals surface area contributed by atoms with Crippen molar-refractivity contribution in [3.8, 4) is 0 Å². The second kappa shape index (κ2) is 6.72. The summed E-state index contributed by atoms with van der Waals surface area (Å²) in [5.41, 5.74) is -4.89. The first-order chi connectivity index (χ1) is 12.5. The zero-order valence-corrected chi connectivity index (χ0v) is 17.1. The first kappa shape index (κ1) is 22.1. The third kappa shape index (κ3) is 3.36. The summed E-state index contributed by atoms with van der Waals surface area (Å²) >= 11 is 0. The fourth-order valence-electron chi connectivity index (χ4n) is 3.52. The minimum absolute atomic E-state index is 0.119. The Balaban J connectivity index is 2.77. The number of Topliss-reactive ketones (excluding diaryl/α,β-unsaturated/α-hetero) is 3. The molecule has 9 heteroatoms. The van der Waals surface area contributed by atoms with Gasteiger partial charge in [-0.15, -0.1) is 0 Å². The highest BCUT2D eigenvalue weighted by atomic mass is 32.2. The lowest BCUT2D eigenvalue weighted by atomic mass is 9.63. The third-order valence-corrected chi connectivity index (χ3v) is 6.15. The quantitative estimate of drug-likeness (QED) is 0.429. The molecule has 0 fully saturated rings. The molecular formula is C19H20F3NO4S. The van der Waals surface area contributed by atoms with Crippen LogP contribution in [0.4, 0.5) is 13.2 Å². The average molecular weight is 415 g/mol. The molecule has 1 unspecified atom stereocenters. The zero-order chi connectivity index (χ0) is 21.8. The summed E-state index contributed by atoms with van der Waals surface area (Å²) in [6.45, 7) is 6.93. The van der Waals surface area contributed by atoms with Crippen LogP contribution in [0, 0.1) is 17.8 Å². The second-order valence-electron chi connectivity index (χ2n) is 7.72. The van der Waals surface area contributed by atoms with Gasteiger partial charge < -0.3 is 0 Å². The number of ketones is 3. The van der Waals surface area contributed by atoms with Gasteiger partial charge in [0.25, 0.3) is 0 Å². The molecule has 0 amide bonds. The molecule has 0 aromatic carbocycles. The van der Waals surface area contributed by atoms with Gasteiger partial charge in [0.05, 0.1) is 16.4 Å². The largest absolute Gasteiger partial charge is 0.433 e. The molecule has 0 saturated heterocycles. The number of aryl methyl sites for hydroxylation is 1. The number of carbonyl (C=O) groups excluding carboxylic acids is 3. The zero-order valence-electron chi connectivity index (χ0n) is 16.3. The SMILES string of the molecule is Cc1nc(C(F)(F)F)ccc1C(=O)C1=C(S(C)=O)C(C)(C)C(=O)C(C)(C)C1=O. The van der Waals surface area contributed by atoms with Gasteiger partial charge in [0.2, 0.25) is 0 Å². The number of hydrogen-bond acceptors (Lipinski definition) is 5. The molecule has 0 radical (unpaired) electrons. The summed E-state index contributed by atoms with van der Waals surface area (Å²) in [4.78, 5) is 42.2. The fourth-order valence-corrected chi connectivity index (χ4v) is 4.80. The lowest BCUT2D eigenvalue weighted by Crippen LogP contribution is -2.50. The van der Waals surface area contributed by atoms with Crippen molar-refractivity contribution in [2.24, 2.45) is 10.8 Å². The van der Waals surface area contributed by atoms with Gasteiger partial charge in [0.15, 0.2) is 17.3 Å². The first-order valence-electron chi connectivity index (χ1n) is 8.32. The standard InChI is InChI=1S/C19H20F3NO4S/c1-9-10(7-8-11(23-9)19(20,21)22)13(24)12-14(25)17(2,3)16(26)18(4,5)15(12)28(6)27/h7-8H,1-6H3. The molecule has 0 spiro atoms. The van der Waals surface area contributed by atoms with Crippen LogP contribution in [0.2, 0.25) is 0 Å². The van der Waals surface area contributed by atoms with Crippen LogP contribution in [0.15, 0.2) is 22.6 Å². The molecule has 0 aliphatic heterocycles. The van der Waals surface area contributed by atoms with Gasteiger partial charge in [-0.2, -0.15) is 13.2 Å². The van der Waals surface area contributed by atoms with Gasteiger partial charge >= 0.3 is 6.18 Å². The number of allylic oxidation sites excluding steroid dienone is 2. The number of nitrogens with zero attached hydrogens (tertiary/aromatic N) is 1. The van der Waals surface area contributed by atoms with Crippen LogP contribution in [0.3, 0.4) is 0 Å². The smallest absolute Gasteiger partial charge is 0.298 e. The van der Waals surface area contributed by atoms with Gasteiger partial charge in [-0.3, -0.25) is 18.6 Å². The van der Waals surface area contributed by atoms with E-state index in [1.54, 1.807) is 0 Å². The maximum absolute atomic E-state index is 13.1. The first-order valence-corrected chi connectivity index (χ1v) is 9.87. The Morgan fingerprint density at radius 1 is 1.07 bits per heavy atom. The van der Waals surface area contributed by atoms with E-state index in [1.807, 2.05) is 0 Å². The van der Waals surface area contributed by atoms with E-state index in [0.29, 0.717) is 6.07 Å². The van der Waals surface area contributed by atoms with Gasteiger partial charge in [-0.25, -0.2) is 4.98 Å². The van der Waals surface area contributed by atoms with Crippen molar-refractivity contribution in [2.75, 3.05) is 6.26 Å². The van der Waals surface area contributed by atoms with Crippen LogP contribution >= 0.6 is 0 Å². The Morgan fingerprint density at radius 3 is 2.04 bits per heavy atom. The van der Waals surface area contributed by atoms with Gasteiger partial charge in [0, 0.05) is 33.2 Å². The van der Waals surface area contributed by atoms with E-state index < -0.39 is 56.4 Å². The molecule has 28 heavy (non-hydrogen) atoms. The summed E-state index contributed by atoms with van der Waals surface area (Å²) in [5.74, 6) is -2.16. The number of hydrogen-bond donors (Lipinski definition) is 0. The number of rotatable bonds is 3. The van der Waals surface area contributed by atoms with Gasteiger partial charge in [-0.05, 0) is 46.8 Å². The number of pyridine rings is 1. The molecule has 2 rings (SSSR count). The van der Waals surface area contributed by atoms with Crippen molar-refractivity contribution < 1.29 is 31.8 Å². The molecule has 0 saturated carbocycles. The van der Waals surface area contributed by atoms with E-state index in [9.17, 15) is 31.8 Å². The topological polar surface area (TPSA) is 81.2 Å². The number of alkyl halides is 3. The molecular weight excluding hydrogens is 395 g/mol. The Hall–Kier alpha value is -2.16. The summed E-state index contributed by atoms with van der Waals surface area (Å²) in [7, 11) is -1.83. The predicted octanol–water partition coefficient (Wildman–Crippen LogP) is 3.43. The predicted molar refractivity (Wildman–Crippen MR) is 97.0 cm³/mol. The molecule has 1 heterocycles. The maximum Gasteiger partial charge on any atom is 0.433 e. The lowest BCUT2D eigenvalue weighted by Gasteiger charge is -2.39. The normalized spacial score (nSPS) is 20.3. The summed E-state index contributed by atoms with van der Waals surface area (Å²) in [6, 6.07) is 1.60. The highest BCUT2D eigenvalue weighted by molar-refractivity contribution is 7.88. The van der Waals surface area contributed by atoms with E-state index in [4.69, 9.17) is 0 Å².